The molecule has 1 aliphatic carbocycles. The van der Waals surface area contributed by atoms with E-state index >= 15 is 0 Å². The van der Waals surface area contributed by atoms with Crippen LogP contribution in [0.15, 0.2) is 59.1 Å². The molecule has 3 nitrogen and oxygen atoms in total. The van der Waals surface area contributed by atoms with Crippen LogP contribution in [0.3, 0.4) is 0 Å². The van der Waals surface area contributed by atoms with Gasteiger partial charge in [0, 0.05) is 16.1 Å². The first-order valence-corrected chi connectivity index (χ1v) is 8.87. The highest BCUT2D eigenvalue weighted by Crippen LogP contribution is 2.50. The smallest absolute Gasteiger partial charge is 0.337 e. The summed E-state index contributed by atoms with van der Waals surface area (Å²) in [7, 11) is 1.42. The third-order valence-corrected chi connectivity index (χ3v) is 5.48. The van der Waals surface area contributed by atoms with Gasteiger partial charge in [0.05, 0.1) is 18.7 Å². The number of carbonyl (C=O) groups is 1. The molecule has 0 spiro atoms. The van der Waals surface area contributed by atoms with Crippen LogP contribution >= 0.6 is 15.9 Å². The molecule has 0 amide bonds. The van der Waals surface area contributed by atoms with Crippen molar-refractivity contribution < 1.29 is 9.53 Å². The van der Waals surface area contributed by atoms with E-state index in [1.165, 1.54) is 18.2 Å². The second kappa shape index (κ2) is 6.10. The van der Waals surface area contributed by atoms with Crippen LogP contribution < -0.4 is 5.32 Å². The van der Waals surface area contributed by atoms with Crippen LogP contribution in [0.25, 0.3) is 0 Å². The Hall–Kier alpha value is -2.07. The molecule has 24 heavy (non-hydrogen) atoms. The van der Waals surface area contributed by atoms with Crippen molar-refractivity contribution in [1.82, 2.24) is 0 Å². The summed E-state index contributed by atoms with van der Waals surface area (Å²) in [6, 6.07) is 14.5. The highest BCUT2D eigenvalue weighted by atomic mass is 79.9. The van der Waals surface area contributed by atoms with Crippen molar-refractivity contribution in [2.24, 2.45) is 5.92 Å². The Morgan fingerprint density at radius 1 is 1.25 bits per heavy atom. The highest BCUT2D eigenvalue weighted by Gasteiger charge is 2.38. The molecule has 122 valence electrons. The van der Waals surface area contributed by atoms with E-state index in [2.05, 4.69) is 51.6 Å². The lowest BCUT2D eigenvalue weighted by Crippen LogP contribution is -2.29. The Bertz CT molecular complexity index is 830. The topological polar surface area (TPSA) is 38.3 Å². The van der Waals surface area contributed by atoms with Crippen molar-refractivity contribution in [3.05, 3.63) is 75.8 Å². The molecular weight excluding hydrogens is 366 g/mol. The molecule has 0 saturated carbocycles. The third kappa shape index (κ3) is 2.55. The zero-order valence-electron chi connectivity index (χ0n) is 13.3. The molecule has 0 fully saturated rings. The Morgan fingerprint density at radius 3 is 2.92 bits per heavy atom. The van der Waals surface area contributed by atoms with Crippen LogP contribution in [0.2, 0.25) is 0 Å². The molecule has 2 aromatic rings. The maximum absolute atomic E-state index is 11.8. The minimum Gasteiger partial charge on any atom is -0.465 e. The quantitative estimate of drug-likeness (QED) is 0.581. The van der Waals surface area contributed by atoms with Gasteiger partial charge in [-0.05, 0) is 53.8 Å². The number of nitrogens with one attached hydrogen (secondary N) is 1. The van der Waals surface area contributed by atoms with E-state index in [1.807, 2.05) is 24.3 Å². The average molecular weight is 384 g/mol. The van der Waals surface area contributed by atoms with Gasteiger partial charge in [0.15, 0.2) is 0 Å². The summed E-state index contributed by atoms with van der Waals surface area (Å²) in [4.78, 5) is 11.8. The van der Waals surface area contributed by atoms with Gasteiger partial charge in [-0.2, -0.15) is 0 Å². The van der Waals surface area contributed by atoms with E-state index < -0.39 is 0 Å². The zero-order chi connectivity index (χ0) is 16.7. The normalized spacial score (nSPS) is 24.0. The van der Waals surface area contributed by atoms with E-state index in [4.69, 9.17) is 4.74 Å². The minimum absolute atomic E-state index is 0.263. The zero-order valence-corrected chi connectivity index (χ0v) is 14.9. The first kappa shape index (κ1) is 15.5. The fourth-order valence-corrected chi connectivity index (χ4v) is 4.29. The van der Waals surface area contributed by atoms with Crippen LogP contribution in [-0.2, 0) is 4.74 Å². The Morgan fingerprint density at radius 2 is 2.12 bits per heavy atom. The number of benzene rings is 2. The lowest BCUT2D eigenvalue weighted by Gasteiger charge is -2.37. The maximum Gasteiger partial charge on any atom is 0.337 e. The monoisotopic (exact) mass is 383 g/mol. The second-order valence-corrected chi connectivity index (χ2v) is 7.24. The van der Waals surface area contributed by atoms with Crippen molar-refractivity contribution in [3.63, 3.8) is 0 Å². The fraction of sp³-hybridized carbons (Fsp3) is 0.250. The number of hydrogen-bond donors (Lipinski definition) is 1. The molecule has 0 bridgehead atoms. The van der Waals surface area contributed by atoms with Gasteiger partial charge in [0.25, 0.3) is 0 Å². The first-order valence-electron chi connectivity index (χ1n) is 8.08. The van der Waals surface area contributed by atoms with Crippen LogP contribution in [0, 0.1) is 5.92 Å². The highest BCUT2D eigenvalue weighted by molar-refractivity contribution is 9.10. The number of rotatable bonds is 2. The third-order valence-electron chi connectivity index (χ3n) is 4.99. The Balaban J connectivity index is 1.76. The molecule has 0 aromatic heterocycles. The number of halogens is 1. The molecule has 4 heteroatoms. The van der Waals surface area contributed by atoms with E-state index in [0.717, 1.165) is 16.6 Å². The molecule has 4 rings (SSSR count). The van der Waals surface area contributed by atoms with E-state index in [9.17, 15) is 4.79 Å². The van der Waals surface area contributed by atoms with Crippen molar-refractivity contribution in [2.75, 3.05) is 12.4 Å². The van der Waals surface area contributed by atoms with Gasteiger partial charge in [0.1, 0.15) is 0 Å². The largest absolute Gasteiger partial charge is 0.465 e. The lowest BCUT2D eigenvalue weighted by atomic mass is 9.76. The summed E-state index contributed by atoms with van der Waals surface area (Å²) >= 11 is 3.57. The van der Waals surface area contributed by atoms with E-state index in [0.29, 0.717) is 17.4 Å². The van der Waals surface area contributed by atoms with Crippen LogP contribution in [0.4, 0.5) is 5.69 Å². The van der Waals surface area contributed by atoms with Gasteiger partial charge in [-0.1, -0.05) is 40.2 Å². The van der Waals surface area contributed by atoms with E-state index in [-0.39, 0.29) is 12.0 Å². The Kier molecular flexibility index (Phi) is 3.93. The van der Waals surface area contributed by atoms with Gasteiger partial charge in [-0.25, -0.2) is 4.79 Å². The molecule has 1 N–H and O–H groups in total. The summed E-state index contributed by atoms with van der Waals surface area (Å²) in [5, 5.41) is 3.68. The van der Waals surface area contributed by atoms with Crippen molar-refractivity contribution in [1.29, 1.82) is 0 Å². The van der Waals surface area contributed by atoms with Crippen molar-refractivity contribution >= 4 is 27.6 Å². The summed E-state index contributed by atoms with van der Waals surface area (Å²) in [5.74, 6) is 0.500. The van der Waals surface area contributed by atoms with Gasteiger partial charge in [-0.15, -0.1) is 0 Å². The molecule has 0 unspecified atom stereocenters. The predicted molar refractivity (Wildman–Crippen MR) is 98.3 cm³/mol. The SMILES string of the molecule is COC(=O)c1ccc2c(c1)[C@@H]1C=CC[C@H]1[C@@H](c1cccc(Br)c1)N2. The van der Waals surface area contributed by atoms with Crippen molar-refractivity contribution in [2.45, 2.75) is 18.4 Å². The predicted octanol–water partition coefficient (Wildman–Crippen LogP) is 5.06. The summed E-state index contributed by atoms with van der Waals surface area (Å²) in [6.45, 7) is 0. The van der Waals surface area contributed by atoms with Crippen LogP contribution in [0.1, 0.15) is 39.9 Å². The first-order chi connectivity index (χ1) is 11.7. The number of allylic oxidation sites excluding steroid dienone is 2. The van der Waals surface area contributed by atoms with Gasteiger partial charge in [-0.3, -0.25) is 0 Å². The fourth-order valence-electron chi connectivity index (χ4n) is 3.87. The van der Waals surface area contributed by atoms with Gasteiger partial charge >= 0.3 is 5.97 Å². The van der Waals surface area contributed by atoms with Crippen LogP contribution in [-0.4, -0.2) is 13.1 Å². The summed E-state index contributed by atoms with van der Waals surface area (Å²) in [5.41, 5.74) is 4.17. The molecule has 0 radical (unpaired) electrons. The number of esters is 1. The number of carbonyl (C=O) groups excluding carboxylic acids is 1. The number of methoxy groups -OCH3 is 1. The van der Waals surface area contributed by atoms with Gasteiger partial charge < -0.3 is 10.1 Å². The average Bonchev–Trinajstić information content (AvgIpc) is 3.10. The molecule has 2 aromatic carbocycles. The molecule has 3 atom stereocenters. The second-order valence-electron chi connectivity index (χ2n) is 6.32. The molecule has 1 heterocycles. The summed E-state index contributed by atoms with van der Waals surface area (Å²) in [6.07, 6.45) is 5.56. The van der Waals surface area contributed by atoms with Crippen molar-refractivity contribution in [3.8, 4) is 0 Å². The van der Waals surface area contributed by atoms with Gasteiger partial charge in [0.2, 0.25) is 0 Å². The van der Waals surface area contributed by atoms with Crippen LogP contribution in [0.5, 0.6) is 0 Å². The summed E-state index contributed by atoms with van der Waals surface area (Å²) < 4.78 is 5.95. The lowest BCUT2D eigenvalue weighted by molar-refractivity contribution is 0.0600. The number of ether oxygens (including phenoxy) is 1. The number of anilines is 1. The maximum atomic E-state index is 11.8. The number of fused-ring (bicyclic) bond motifs is 3. The molecule has 2 aliphatic rings. The van der Waals surface area contributed by atoms with E-state index in [1.54, 1.807) is 0 Å². The molecule has 0 saturated heterocycles. The minimum atomic E-state index is -0.287. The molecule has 1 aliphatic heterocycles. The Labute approximate surface area is 149 Å². The molecular formula is C20H18BrNO2. The number of hydrogen-bond acceptors (Lipinski definition) is 3. The standard InChI is InChI=1S/C20H18BrNO2/c1-24-20(23)13-8-9-18-17(11-13)15-6-3-7-16(15)19(22-18)12-4-2-5-14(21)10-12/h2-6,8-11,15-16,19,22H,7H2,1H3/t15-,16-,19-/m1/s1.